The van der Waals surface area contributed by atoms with Crippen molar-refractivity contribution in [3.05, 3.63) is 51.2 Å². The fourth-order valence-corrected chi connectivity index (χ4v) is 1.67. The van der Waals surface area contributed by atoms with Crippen molar-refractivity contribution in [3.8, 4) is 11.3 Å². The van der Waals surface area contributed by atoms with Crippen LogP contribution >= 0.6 is 11.6 Å². The zero-order valence-corrected chi connectivity index (χ0v) is 9.98. The molecule has 1 aromatic heterocycles. The van der Waals surface area contributed by atoms with E-state index in [1.165, 1.54) is 18.2 Å². The molecule has 0 aliphatic rings. The summed E-state index contributed by atoms with van der Waals surface area (Å²) in [7, 11) is 0. The van der Waals surface area contributed by atoms with Crippen LogP contribution in [0, 0.1) is 22.9 Å². The minimum absolute atomic E-state index is 0.0111. The third-order valence-electron chi connectivity index (χ3n) is 2.39. The summed E-state index contributed by atoms with van der Waals surface area (Å²) in [6.07, 6.45) is 1.01. The lowest BCUT2D eigenvalue weighted by Crippen LogP contribution is -1.98. The first kappa shape index (κ1) is 12.4. The Morgan fingerprint density at radius 1 is 1.44 bits per heavy atom. The van der Waals surface area contributed by atoms with Crippen LogP contribution in [-0.2, 0) is 0 Å². The van der Waals surface area contributed by atoms with E-state index >= 15 is 0 Å². The van der Waals surface area contributed by atoms with E-state index in [0.29, 0.717) is 11.1 Å². The van der Waals surface area contributed by atoms with Gasteiger partial charge in [-0.2, -0.15) is 0 Å². The summed E-state index contributed by atoms with van der Waals surface area (Å²) in [6, 6.07) is 3.97. The van der Waals surface area contributed by atoms with Crippen LogP contribution in [0.25, 0.3) is 11.3 Å². The van der Waals surface area contributed by atoms with Gasteiger partial charge in [0.1, 0.15) is 12.0 Å². The van der Waals surface area contributed by atoms with E-state index < -0.39 is 10.7 Å². The zero-order chi connectivity index (χ0) is 13.3. The van der Waals surface area contributed by atoms with Crippen LogP contribution in [0.1, 0.15) is 5.56 Å². The number of aryl methyl sites for hydroxylation is 1. The topological polar surface area (TPSA) is 68.9 Å². The van der Waals surface area contributed by atoms with Crippen molar-refractivity contribution >= 4 is 17.3 Å². The van der Waals surface area contributed by atoms with Crippen molar-refractivity contribution in [3.63, 3.8) is 0 Å². The van der Waals surface area contributed by atoms with Gasteiger partial charge in [-0.15, -0.1) is 0 Å². The molecule has 7 heteroatoms. The molecule has 2 rings (SSSR count). The van der Waals surface area contributed by atoms with E-state index in [4.69, 9.17) is 11.6 Å². The lowest BCUT2D eigenvalue weighted by molar-refractivity contribution is -0.384. The van der Waals surface area contributed by atoms with Crippen molar-refractivity contribution in [2.45, 2.75) is 6.92 Å². The molecular formula is C11H7ClFN3O2. The molecule has 0 bridgehead atoms. The molecule has 0 aliphatic carbocycles. The van der Waals surface area contributed by atoms with Gasteiger partial charge in [-0.3, -0.25) is 10.1 Å². The van der Waals surface area contributed by atoms with Crippen LogP contribution < -0.4 is 0 Å². The molecule has 0 fully saturated rings. The highest BCUT2D eigenvalue weighted by Crippen LogP contribution is 2.30. The summed E-state index contributed by atoms with van der Waals surface area (Å²) in [5.74, 6) is -0.500. The molecule has 92 valence electrons. The molecule has 0 aliphatic heterocycles. The van der Waals surface area contributed by atoms with E-state index in [2.05, 4.69) is 9.97 Å². The Balaban J connectivity index is 2.73. The second kappa shape index (κ2) is 4.66. The quantitative estimate of drug-likeness (QED) is 0.476. The highest BCUT2D eigenvalue weighted by Gasteiger charge is 2.20. The predicted octanol–water partition coefficient (Wildman–Crippen LogP) is 3.15. The van der Waals surface area contributed by atoms with Gasteiger partial charge >= 0.3 is 5.69 Å². The van der Waals surface area contributed by atoms with E-state index in [1.54, 1.807) is 6.92 Å². The highest BCUT2D eigenvalue weighted by atomic mass is 35.5. The standard InChI is InChI=1S/C11H7ClFN3O2/c1-6-2-3-7(13)4-8(6)10-9(16(17)18)5-14-11(12)15-10/h2-5H,1H3. The molecular weight excluding hydrogens is 261 g/mol. The van der Waals surface area contributed by atoms with Gasteiger partial charge in [0.15, 0.2) is 5.69 Å². The van der Waals surface area contributed by atoms with Gasteiger partial charge in [0.05, 0.1) is 4.92 Å². The number of aromatic nitrogens is 2. The Labute approximate surface area is 106 Å². The molecule has 0 saturated heterocycles. The minimum atomic E-state index is -0.629. The summed E-state index contributed by atoms with van der Waals surface area (Å²) >= 11 is 5.62. The average Bonchev–Trinajstić information content (AvgIpc) is 2.31. The predicted molar refractivity (Wildman–Crippen MR) is 63.8 cm³/mol. The van der Waals surface area contributed by atoms with Gasteiger partial charge in [-0.1, -0.05) is 6.07 Å². The van der Waals surface area contributed by atoms with Gasteiger partial charge in [0.25, 0.3) is 0 Å². The fraction of sp³-hybridized carbons (Fsp3) is 0.0909. The van der Waals surface area contributed by atoms with Crippen molar-refractivity contribution < 1.29 is 9.31 Å². The number of hydrogen-bond donors (Lipinski definition) is 0. The van der Waals surface area contributed by atoms with E-state index in [0.717, 1.165) is 6.20 Å². The first-order valence-electron chi connectivity index (χ1n) is 4.92. The summed E-state index contributed by atoms with van der Waals surface area (Å²) in [5.41, 5.74) is 0.686. The third kappa shape index (κ3) is 2.28. The third-order valence-corrected chi connectivity index (χ3v) is 2.57. The van der Waals surface area contributed by atoms with Crippen LogP contribution in [0.15, 0.2) is 24.4 Å². The maximum atomic E-state index is 13.2. The Hall–Kier alpha value is -2.08. The van der Waals surface area contributed by atoms with Crippen LogP contribution in [0.4, 0.5) is 10.1 Å². The zero-order valence-electron chi connectivity index (χ0n) is 9.22. The minimum Gasteiger partial charge on any atom is -0.258 e. The first-order valence-corrected chi connectivity index (χ1v) is 5.30. The van der Waals surface area contributed by atoms with Crippen LogP contribution in [0.5, 0.6) is 0 Å². The molecule has 0 atom stereocenters. The summed E-state index contributed by atoms with van der Waals surface area (Å²) in [5, 5.41) is 10.8. The Morgan fingerprint density at radius 3 is 2.83 bits per heavy atom. The van der Waals surface area contributed by atoms with Gasteiger partial charge in [0.2, 0.25) is 5.28 Å². The average molecular weight is 268 g/mol. The lowest BCUT2D eigenvalue weighted by atomic mass is 10.0. The number of rotatable bonds is 2. The Kier molecular flexibility index (Phi) is 3.20. The molecule has 1 heterocycles. The second-order valence-corrected chi connectivity index (χ2v) is 3.93. The number of hydrogen-bond acceptors (Lipinski definition) is 4. The molecule has 0 spiro atoms. The monoisotopic (exact) mass is 267 g/mol. The number of nitro groups is 1. The van der Waals surface area contributed by atoms with Crippen molar-refractivity contribution in [2.75, 3.05) is 0 Å². The molecule has 18 heavy (non-hydrogen) atoms. The number of nitrogens with zero attached hydrogens (tertiary/aromatic N) is 3. The van der Waals surface area contributed by atoms with Crippen molar-refractivity contribution in [1.82, 2.24) is 9.97 Å². The molecule has 5 nitrogen and oxygen atoms in total. The van der Waals surface area contributed by atoms with Crippen LogP contribution in [0.2, 0.25) is 5.28 Å². The Bertz CT molecular complexity index is 634. The normalized spacial score (nSPS) is 10.4. The molecule has 0 N–H and O–H groups in total. The lowest BCUT2D eigenvalue weighted by Gasteiger charge is -2.06. The second-order valence-electron chi connectivity index (χ2n) is 3.59. The molecule has 0 amide bonds. The molecule has 0 radical (unpaired) electrons. The smallest absolute Gasteiger partial charge is 0.258 e. The number of benzene rings is 1. The first-order chi connectivity index (χ1) is 8.49. The molecule has 0 unspecified atom stereocenters. The van der Waals surface area contributed by atoms with E-state index in [9.17, 15) is 14.5 Å². The molecule has 2 aromatic rings. The van der Waals surface area contributed by atoms with Gasteiger partial charge < -0.3 is 0 Å². The summed E-state index contributed by atoms with van der Waals surface area (Å²) < 4.78 is 13.2. The maximum Gasteiger partial charge on any atom is 0.313 e. The molecule has 1 aromatic carbocycles. The van der Waals surface area contributed by atoms with Gasteiger partial charge in [0, 0.05) is 5.56 Å². The SMILES string of the molecule is Cc1ccc(F)cc1-c1nc(Cl)ncc1[N+](=O)[O-]. The largest absolute Gasteiger partial charge is 0.313 e. The van der Waals surface area contributed by atoms with Crippen LogP contribution in [-0.4, -0.2) is 14.9 Å². The van der Waals surface area contributed by atoms with Crippen LogP contribution in [0.3, 0.4) is 0 Å². The molecule has 0 saturated carbocycles. The summed E-state index contributed by atoms with van der Waals surface area (Å²) in [6.45, 7) is 1.70. The van der Waals surface area contributed by atoms with Gasteiger partial charge in [-0.05, 0) is 36.2 Å². The van der Waals surface area contributed by atoms with E-state index in [1.807, 2.05) is 0 Å². The van der Waals surface area contributed by atoms with Gasteiger partial charge in [-0.25, -0.2) is 14.4 Å². The van der Waals surface area contributed by atoms with E-state index in [-0.39, 0.29) is 16.7 Å². The van der Waals surface area contributed by atoms with Crippen molar-refractivity contribution in [1.29, 1.82) is 0 Å². The Morgan fingerprint density at radius 2 is 2.17 bits per heavy atom. The number of halogens is 2. The van der Waals surface area contributed by atoms with Crippen molar-refractivity contribution in [2.24, 2.45) is 0 Å². The highest BCUT2D eigenvalue weighted by molar-refractivity contribution is 6.28. The summed E-state index contributed by atoms with van der Waals surface area (Å²) in [4.78, 5) is 17.6. The fourth-order valence-electron chi connectivity index (χ4n) is 1.54. The maximum absolute atomic E-state index is 13.2.